The van der Waals surface area contributed by atoms with Crippen LogP contribution in [0.4, 0.5) is 10.6 Å². The molecule has 1 aromatic heterocycles. The van der Waals surface area contributed by atoms with Crippen molar-refractivity contribution in [3.8, 4) is 0 Å². The number of hydrogen-bond acceptors (Lipinski definition) is 3. The number of hydrogen-bond donors (Lipinski definition) is 2. The van der Waals surface area contributed by atoms with E-state index < -0.39 is 0 Å². The number of methoxy groups -OCH3 is 1. The van der Waals surface area contributed by atoms with E-state index in [2.05, 4.69) is 15.7 Å². The topological polar surface area (TPSA) is 68.2 Å². The summed E-state index contributed by atoms with van der Waals surface area (Å²) in [6.45, 7) is 1.23. The van der Waals surface area contributed by atoms with E-state index >= 15 is 0 Å². The molecule has 1 aliphatic carbocycles. The maximum atomic E-state index is 12.0. The fourth-order valence-electron chi connectivity index (χ4n) is 2.52. The van der Waals surface area contributed by atoms with Gasteiger partial charge in [0.2, 0.25) is 0 Å². The van der Waals surface area contributed by atoms with Gasteiger partial charge in [0.1, 0.15) is 0 Å². The van der Waals surface area contributed by atoms with E-state index in [0.717, 1.165) is 17.0 Å². The summed E-state index contributed by atoms with van der Waals surface area (Å²) in [4.78, 5) is 12.0. The van der Waals surface area contributed by atoms with Gasteiger partial charge in [-0.15, -0.1) is 0 Å². The SMILES string of the molecule is COCCn1ccc(NC(=O)N[C@H]2C[C@@H]2c2cccc(Cl)c2)n1. The fraction of sp³-hybridized carbons (Fsp3) is 0.375. The molecule has 0 bridgehead atoms. The van der Waals surface area contributed by atoms with Gasteiger partial charge in [-0.3, -0.25) is 10.00 Å². The van der Waals surface area contributed by atoms with E-state index in [1.807, 2.05) is 24.3 Å². The molecular weight excluding hydrogens is 316 g/mol. The zero-order chi connectivity index (χ0) is 16.2. The highest BCUT2D eigenvalue weighted by Gasteiger charge is 2.39. The first kappa shape index (κ1) is 15.8. The zero-order valence-electron chi connectivity index (χ0n) is 12.8. The third-order valence-electron chi connectivity index (χ3n) is 3.79. The standard InChI is InChI=1S/C16H19ClN4O2/c1-23-8-7-21-6-5-15(20-21)19-16(22)18-14-10-13(14)11-3-2-4-12(17)9-11/h2-6,9,13-14H,7-8,10H2,1H3,(H2,18,19,20,22)/t13-,14+/m1/s1. The highest BCUT2D eigenvalue weighted by Crippen LogP contribution is 2.41. The Morgan fingerprint density at radius 2 is 2.35 bits per heavy atom. The quantitative estimate of drug-likeness (QED) is 0.853. The second kappa shape index (κ2) is 7.02. The van der Waals surface area contributed by atoms with Crippen LogP contribution in [0.2, 0.25) is 5.02 Å². The minimum absolute atomic E-state index is 0.143. The zero-order valence-corrected chi connectivity index (χ0v) is 13.6. The monoisotopic (exact) mass is 334 g/mol. The second-order valence-electron chi connectivity index (χ2n) is 5.56. The van der Waals surface area contributed by atoms with Gasteiger partial charge in [-0.2, -0.15) is 5.10 Å². The molecule has 2 N–H and O–H groups in total. The van der Waals surface area contributed by atoms with Crippen LogP contribution >= 0.6 is 11.6 Å². The molecular formula is C16H19ClN4O2. The summed E-state index contributed by atoms with van der Waals surface area (Å²) in [7, 11) is 1.64. The highest BCUT2D eigenvalue weighted by atomic mass is 35.5. The van der Waals surface area contributed by atoms with Crippen molar-refractivity contribution in [3.63, 3.8) is 0 Å². The van der Waals surface area contributed by atoms with Crippen LogP contribution in [-0.4, -0.2) is 35.6 Å². The molecule has 2 amide bonds. The molecule has 2 atom stereocenters. The summed E-state index contributed by atoms with van der Waals surface area (Å²) in [5.41, 5.74) is 1.16. The number of amides is 2. The van der Waals surface area contributed by atoms with Gasteiger partial charge >= 0.3 is 6.03 Å². The molecule has 1 aromatic carbocycles. The smallest absolute Gasteiger partial charge is 0.320 e. The Hall–Kier alpha value is -2.05. The van der Waals surface area contributed by atoms with Gasteiger partial charge in [0.15, 0.2) is 5.82 Å². The van der Waals surface area contributed by atoms with Crippen molar-refractivity contribution >= 4 is 23.4 Å². The van der Waals surface area contributed by atoms with E-state index in [1.54, 1.807) is 24.1 Å². The molecule has 1 aliphatic rings. The number of nitrogens with one attached hydrogen (secondary N) is 2. The van der Waals surface area contributed by atoms with Gasteiger partial charge in [-0.05, 0) is 24.1 Å². The lowest BCUT2D eigenvalue weighted by atomic mass is 10.1. The van der Waals surface area contributed by atoms with Crippen LogP contribution in [0, 0.1) is 0 Å². The number of halogens is 1. The maximum absolute atomic E-state index is 12.0. The number of rotatable bonds is 6. The third-order valence-corrected chi connectivity index (χ3v) is 4.03. The molecule has 1 fully saturated rings. The predicted molar refractivity (Wildman–Crippen MR) is 88.9 cm³/mol. The number of nitrogens with zero attached hydrogens (tertiary/aromatic N) is 2. The van der Waals surface area contributed by atoms with Crippen LogP contribution in [0.1, 0.15) is 17.9 Å². The fourth-order valence-corrected chi connectivity index (χ4v) is 2.72. The molecule has 0 saturated heterocycles. The molecule has 0 radical (unpaired) electrons. The Morgan fingerprint density at radius 3 is 3.13 bits per heavy atom. The number of carbonyl (C=O) groups excluding carboxylic acids is 1. The molecule has 0 aliphatic heterocycles. The largest absolute Gasteiger partial charge is 0.383 e. The molecule has 2 aromatic rings. The molecule has 23 heavy (non-hydrogen) atoms. The van der Waals surface area contributed by atoms with Crippen LogP contribution in [0.15, 0.2) is 36.5 Å². The minimum Gasteiger partial charge on any atom is -0.383 e. The van der Waals surface area contributed by atoms with Crippen molar-refractivity contribution < 1.29 is 9.53 Å². The van der Waals surface area contributed by atoms with Gasteiger partial charge in [0.05, 0.1) is 13.2 Å². The van der Waals surface area contributed by atoms with Gasteiger partial charge in [-0.1, -0.05) is 23.7 Å². The lowest BCUT2D eigenvalue weighted by Gasteiger charge is -2.06. The predicted octanol–water partition coefficient (Wildman–Crippen LogP) is 2.86. The van der Waals surface area contributed by atoms with Crippen LogP contribution in [0.5, 0.6) is 0 Å². The first-order valence-electron chi connectivity index (χ1n) is 7.51. The first-order chi connectivity index (χ1) is 11.2. The van der Waals surface area contributed by atoms with Crippen LogP contribution in [0.25, 0.3) is 0 Å². The average Bonchev–Trinajstić information content (AvgIpc) is 3.14. The molecule has 0 unspecified atom stereocenters. The van der Waals surface area contributed by atoms with Crippen molar-refractivity contribution in [2.24, 2.45) is 0 Å². The summed E-state index contributed by atoms with van der Waals surface area (Å²) in [6.07, 6.45) is 2.73. The number of ether oxygens (including phenoxy) is 1. The Labute approximate surface area is 139 Å². The Kier molecular flexibility index (Phi) is 4.83. The van der Waals surface area contributed by atoms with Crippen LogP contribution < -0.4 is 10.6 Å². The van der Waals surface area contributed by atoms with Crippen molar-refractivity contribution in [2.45, 2.75) is 24.9 Å². The summed E-state index contributed by atoms with van der Waals surface area (Å²) >= 11 is 6.00. The van der Waals surface area contributed by atoms with Gasteiger partial charge < -0.3 is 10.1 Å². The molecule has 3 rings (SSSR count). The molecule has 7 heteroatoms. The van der Waals surface area contributed by atoms with E-state index in [9.17, 15) is 4.79 Å². The summed E-state index contributed by atoms with van der Waals surface area (Å²) in [5.74, 6) is 0.859. The molecule has 122 valence electrons. The number of anilines is 1. The molecule has 0 spiro atoms. The van der Waals surface area contributed by atoms with E-state index in [-0.39, 0.29) is 12.1 Å². The lowest BCUT2D eigenvalue weighted by Crippen LogP contribution is -2.31. The third kappa shape index (κ3) is 4.24. The summed E-state index contributed by atoms with van der Waals surface area (Å²) < 4.78 is 6.72. The van der Waals surface area contributed by atoms with Gasteiger partial charge in [0, 0.05) is 36.4 Å². The summed E-state index contributed by atoms with van der Waals surface area (Å²) in [6, 6.07) is 9.43. The molecule has 6 nitrogen and oxygen atoms in total. The average molecular weight is 335 g/mol. The number of carbonyl (C=O) groups is 1. The number of benzene rings is 1. The van der Waals surface area contributed by atoms with Crippen molar-refractivity contribution in [2.75, 3.05) is 19.0 Å². The van der Waals surface area contributed by atoms with Crippen LogP contribution in [0.3, 0.4) is 0 Å². The van der Waals surface area contributed by atoms with Gasteiger partial charge in [0.25, 0.3) is 0 Å². The van der Waals surface area contributed by atoms with E-state index in [1.165, 1.54) is 0 Å². The highest BCUT2D eigenvalue weighted by molar-refractivity contribution is 6.30. The Bertz CT molecular complexity index is 688. The molecule has 1 saturated carbocycles. The van der Waals surface area contributed by atoms with Crippen molar-refractivity contribution in [1.82, 2.24) is 15.1 Å². The Morgan fingerprint density at radius 1 is 1.48 bits per heavy atom. The molecule has 1 heterocycles. The van der Waals surface area contributed by atoms with Crippen molar-refractivity contribution in [1.29, 1.82) is 0 Å². The second-order valence-corrected chi connectivity index (χ2v) is 6.00. The Balaban J connectivity index is 1.48. The van der Waals surface area contributed by atoms with E-state index in [0.29, 0.717) is 24.9 Å². The lowest BCUT2D eigenvalue weighted by molar-refractivity contribution is 0.183. The number of aromatic nitrogens is 2. The van der Waals surface area contributed by atoms with Gasteiger partial charge in [-0.25, -0.2) is 4.79 Å². The first-order valence-corrected chi connectivity index (χ1v) is 7.89. The van der Waals surface area contributed by atoms with Crippen LogP contribution in [-0.2, 0) is 11.3 Å². The van der Waals surface area contributed by atoms with E-state index in [4.69, 9.17) is 16.3 Å². The number of urea groups is 1. The normalized spacial score (nSPS) is 19.4. The maximum Gasteiger partial charge on any atom is 0.320 e. The van der Waals surface area contributed by atoms with Crippen molar-refractivity contribution in [3.05, 3.63) is 47.1 Å². The summed E-state index contributed by atoms with van der Waals surface area (Å²) in [5, 5.41) is 10.7. The minimum atomic E-state index is -0.239.